The molecule has 1 saturated heterocycles. The molecule has 0 amide bonds. The van der Waals surface area contributed by atoms with E-state index in [0.29, 0.717) is 26.4 Å². The largest absolute Gasteiger partial charge is 0.417 e. The molecule has 1 atom stereocenters. The van der Waals surface area contributed by atoms with Gasteiger partial charge < -0.3 is 29.3 Å². The Labute approximate surface area is 133 Å². The van der Waals surface area contributed by atoms with Gasteiger partial charge in [-0.25, -0.2) is 0 Å². The van der Waals surface area contributed by atoms with E-state index in [1.54, 1.807) is 6.20 Å². The van der Waals surface area contributed by atoms with Crippen LogP contribution >= 0.6 is 0 Å². The third-order valence-electron chi connectivity index (χ3n) is 3.76. The van der Waals surface area contributed by atoms with Gasteiger partial charge in [-0.2, -0.15) is 5.48 Å². The van der Waals surface area contributed by atoms with Crippen molar-refractivity contribution in [2.24, 2.45) is 5.41 Å². The highest BCUT2D eigenvalue weighted by Crippen LogP contribution is 2.32. The van der Waals surface area contributed by atoms with E-state index in [4.69, 9.17) is 13.9 Å². The molecule has 3 N–H and O–H groups in total. The van der Waals surface area contributed by atoms with Crippen LogP contribution in [0.15, 0.2) is 12.4 Å². The minimum atomic E-state index is -1.63. The third-order valence-corrected chi connectivity index (χ3v) is 4.77. The molecular formula is C14H29N3O4Si. The molecule has 2 rings (SSSR count). The molecule has 2 heterocycles. The first-order chi connectivity index (χ1) is 10.1. The Kier molecular flexibility index (Phi) is 5.20. The zero-order chi connectivity index (χ0) is 16.4. The van der Waals surface area contributed by atoms with Crippen LogP contribution in [-0.2, 0) is 13.9 Å². The van der Waals surface area contributed by atoms with Crippen LogP contribution in [0.25, 0.3) is 0 Å². The van der Waals surface area contributed by atoms with Crippen molar-refractivity contribution in [3.05, 3.63) is 12.4 Å². The third kappa shape index (κ3) is 4.67. The van der Waals surface area contributed by atoms with Gasteiger partial charge in [0, 0.05) is 25.6 Å². The molecule has 1 fully saturated rings. The Morgan fingerprint density at radius 3 is 2.55 bits per heavy atom. The van der Waals surface area contributed by atoms with Crippen LogP contribution in [-0.4, -0.2) is 56.9 Å². The van der Waals surface area contributed by atoms with Crippen LogP contribution in [0.3, 0.4) is 0 Å². The summed E-state index contributed by atoms with van der Waals surface area (Å²) in [6.07, 6.45) is 3.37. The number of hydrogen-bond donors (Lipinski definition) is 3. The summed E-state index contributed by atoms with van der Waals surface area (Å²) in [5.74, 6) is -0.559. The minimum Gasteiger partial charge on any atom is -0.417 e. The highest BCUT2D eigenvalue weighted by Gasteiger charge is 2.43. The smallest absolute Gasteiger partial charge is 0.183 e. The maximum Gasteiger partial charge on any atom is 0.183 e. The van der Waals surface area contributed by atoms with Crippen molar-refractivity contribution < 1.29 is 19.1 Å². The van der Waals surface area contributed by atoms with Gasteiger partial charge in [0.15, 0.2) is 20.4 Å². The molecule has 0 radical (unpaired) electrons. The molecule has 0 aromatic carbocycles. The minimum absolute atomic E-state index is 0.263. The lowest BCUT2D eigenvalue weighted by molar-refractivity contribution is -0.291. The SMILES string of the molecule is CC1(C)OCC(CO[Si](C)(C)C)(CN2C=CNC2NO)CO1. The van der Waals surface area contributed by atoms with Crippen LogP contribution in [0, 0.1) is 5.41 Å². The average Bonchev–Trinajstić information content (AvgIpc) is 2.86. The molecule has 1 unspecified atom stereocenters. The predicted molar refractivity (Wildman–Crippen MR) is 85.4 cm³/mol. The maximum absolute atomic E-state index is 9.21. The normalized spacial score (nSPS) is 27.0. The van der Waals surface area contributed by atoms with Gasteiger partial charge in [0.2, 0.25) is 0 Å². The van der Waals surface area contributed by atoms with Crippen molar-refractivity contribution in [3.8, 4) is 0 Å². The van der Waals surface area contributed by atoms with Gasteiger partial charge in [-0.1, -0.05) is 0 Å². The van der Waals surface area contributed by atoms with Crippen molar-refractivity contribution in [1.29, 1.82) is 0 Å². The van der Waals surface area contributed by atoms with Crippen molar-refractivity contribution in [2.45, 2.75) is 45.6 Å². The summed E-state index contributed by atoms with van der Waals surface area (Å²) >= 11 is 0. The first kappa shape index (κ1) is 17.7. The zero-order valence-electron chi connectivity index (χ0n) is 14.2. The highest BCUT2D eigenvalue weighted by atomic mass is 28.4. The van der Waals surface area contributed by atoms with Gasteiger partial charge in [-0.15, -0.1) is 0 Å². The van der Waals surface area contributed by atoms with Gasteiger partial charge in [-0.3, -0.25) is 0 Å². The molecule has 22 heavy (non-hydrogen) atoms. The Hall–Kier alpha value is -0.643. The second-order valence-corrected chi connectivity index (χ2v) is 12.1. The van der Waals surface area contributed by atoms with E-state index in [-0.39, 0.29) is 11.7 Å². The molecule has 2 aliphatic rings. The second-order valence-electron chi connectivity index (χ2n) is 7.56. The first-order valence-electron chi connectivity index (χ1n) is 7.65. The molecule has 0 bridgehead atoms. The number of nitrogens with zero attached hydrogens (tertiary/aromatic N) is 1. The van der Waals surface area contributed by atoms with E-state index in [0.717, 1.165) is 0 Å². The molecule has 2 aliphatic heterocycles. The quantitative estimate of drug-likeness (QED) is 0.499. The highest BCUT2D eigenvalue weighted by molar-refractivity contribution is 6.69. The molecule has 0 saturated carbocycles. The molecule has 0 aliphatic carbocycles. The van der Waals surface area contributed by atoms with E-state index in [9.17, 15) is 5.21 Å². The number of hydroxylamine groups is 1. The van der Waals surface area contributed by atoms with Gasteiger partial charge in [0.25, 0.3) is 0 Å². The Morgan fingerprint density at radius 2 is 2.00 bits per heavy atom. The Bertz CT molecular complexity index is 401. The number of nitrogens with one attached hydrogen (secondary N) is 2. The van der Waals surface area contributed by atoms with E-state index in [2.05, 4.69) is 30.4 Å². The molecule has 128 valence electrons. The van der Waals surface area contributed by atoms with Crippen molar-refractivity contribution in [3.63, 3.8) is 0 Å². The number of rotatable bonds is 6. The van der Waals surface area contributed by atoms with Gasteiger partial charge in [0.05, 0.1) is 18.6 Å². The lowest BCUT2D eigenvalue weighted by Crippen LogP contribution is -2.57. The van der Waals surface area contributed by atoms with Crippen molar-refractivity contribution in [2.75, 3.05) is 26.4 Å². The number of ether oxygens (including phenoxy) is 2. The van der Waals surface area contributed by atoms with E-state index in [1.165, 1.54) is 0 Å². The first-order valence-corrected chi connectivity index (χ1v) is 11.1. The standard InChI is InChI=1S/C14H29N3O4Si/c1-13(2)19-9-14(10-20-13,11-21-22(3,4)5)8-17-7-6-15-12(17)16-18/h6-7,12,15-16,18H,8-11H2,1-5H3. The van der Waals surface area contributed by atoms with E-state index in [1.807, 2.05) is 24.9 Å². The zero-order valence-corrected chi connectivity index (χ0v) is 15.2. The summed E-state index contributed by atoms with van der Waals surface area (Å²) in [4.78, 5) is 1.98. The molecule has 0 aromatic rings. The van der Waals surface area contributed by atoms with E-state index < -0.39 is 14.1 Å². The van der Waals surface area contributed by atoms with Gasteiger partial charge >= 0.3 is 0 Å². The summed E-state index contributed by atoms with van der Waals surface area (Å²) in [5.41, 5.74) is 1.99. The van der Waals surface area contributed by atoms with Gasteiger partial charge in [-0.05, 0) is 33.5 Å². The molecule has 0 aromatic heterocycles. The fraction of sp³-hybridized carbons (Fsp3) is 0.857. The van der Waals surface area contributed by atoms with Crippen molar-refractivity contribution >= 4 is 8.32 Å². The fourth-order valence-corrected chi connectivity index (χ4v) is 3.12. The lowest BCUT2D eigenvalue weighted by Gasteiger charge is -2.46. The number of hydrogen-bond acceptors (Lipinski definition) is 7. The monoisotopic (exact) mass is 331 g/mol. The van der Waals surface area contributed by atoms with Crippen LogP contribution in [0.5, 0.6) is 0 Å². The lowest BCUT2D eigenvalue weighted by atomic mass is 9.89. The molecule has 8 heteroatoms. The van der Waals surface area contributed by atoms with E-state index >= 15 is 0 Å². The average molecular weight is 331 g/mol. The Morgan fingerprint density at radius 1 is 1.36 bits per heavy atom. The summed E-state index contributed by atoms with van der Waals surface area (Å²) in [7, 11) is -1.63. The maximum atomic E-state index is 9.21. The van der Waals surface area contributed by atoms with Crippen LogP contribution in [0.4, 0.5) is 0 Å². The summed E-state index contributed by atoms with van der Waals surface area (Å²) in [5, 5.41) is 12.2. The summed E-state index contributed by atoms with van der Waals surface area (Å²) < 4.78 is 17.9. The van der Waals surface area contributed by atoms with Gasteiger partial charge in [0.1, 0.15) is 0 Å². The topological polar surface area (TPSA) is 75.2 Å². The molecule has 7 nitrogen and oxygen atoms in total. The van der Waals surface area contributed by atoms with Crippen LogP contribution < -0.4 is 10.8 Å². The van der Waals surface area contributed by atoms with Crippen LogP contribution in [0.2, 0.25) is 19.6 Å². The summed E-state index contributed by atoms with van der Waals surface area (Å²) in [6, 6.07) is 0. The second kappa shape index (κ2) is 6.46. The fourth-order valence-electron chi connectivity index (χ4n) is 2.38. The molecule has 0 spiro atoms. The van der Waals surface area contributed by atoms with Crippen LogP contribution in [0.1, 0.15) is 13.8 Å². The summed E-state index contributed by atoms with van der Waals surface area (Å²) in [6.45, 7) is 12.7. The van der Waals surface area contributed by atoms with Crippen molar-refractivity contribution in [1.82, 2.24) is 15.7 Å². The predicted octanol–water partition coefficient (Wildman–Crippen LogP) is 1.25. The Balaban J connectivity index is 2.06. The molecular weight excluding hydrogens is 302 g/mol.